The van der Waals surface area contributed by atoms with Crippen molar-refractivity contribution < 1.29 is 24.9 Å². The number of aliphatic carboxylic acids is 1. The van der Waals surface area contributed by atoms with Crippen molar-refractivity contribution in [2.24, 2.45) is 10.7 Å². The number of fused-ring (bicyclic) bond motifs is 1. The Bertz CT molecular complexity index is 1280. The van der Waals surface area contributed by atoms with Crippen LogP contribution in [0.15, 0.2) is 59.7 Å². The largest absolute Gasteiger partial charge is 0.477 e. The Morgan fingerprint density at radius 2 is 1.84 bits per heavy atom. The summed E-state index contributed by atoms with van der Waals surface area (Å²) in [6.07, 6.45) is 1.57. The van der Waals surface area contributed by atoms with Crippen LogP contribution in [0.3, 0.4) is 0 Å². The number of urea groups is 1. The van der Waals surface area contributed by atoms with Crippen molar-refractivity contribution in [2.75, 3.05) is 16.8 Å². The maximum atomic E-state index is 12.6. The van der Waals surface area contributed by atoms with Crippen molar-refractivity contribution in [3.05, 3.63) is 66.0 Å². The number of nitrogens with zero attached hydrogens (tertiary/aromatic N) is 3. The monoisotopic (exact) mass is 417 g/mol. The quantitative estimate of drug-likeness (QED) is 0.347. The van der Waals surface area contributed by atoms with Gasteiger partial charge in [-0.05, 0) is 47.9 Å². The van der Waals surface area contributed by atoms with Crippen LogP contribution >= 0.6 is 0 Å². The Morgan fingerprint density at radius 3 is 2.48 bits per heavy atom. The van der Waals surface area contributed by atoms with Crippen LogP contribution in [0.25, 0.3) is 10.8 Å². The summed E-state index contributed by atoms with van der Waals surface area (Å²) in [6, 6.07) is 12.8. The van der Waals surface area contributed by atoms with Crippen LogP contribution in [0.1, 0.15) is 16.1 Å². The maximum Gasteiger partial charge on any atom is 0.352 e. The third kappa shape index (κ3) is 3.94. The van der Waals surface area contributed by atoms with Crippen LogP contribution in [-0.4, -0.2) is 46.1 Å². The number of carbonyl (C=O) groups is 3. The molecular formula is C21H17N6O4+. The highest BCUT2D eigenvalue weighted by molar-refractivity contribution is 6.41. The molecule has 4 rings (SSSR count). The number of carboxylic acid groups (broad SMARTS) is 1. The van der Waals surface area contributed by atoms with Crippen molar-refractivity contribution >= 4 is 51.6 Å². The highest BCUT2D eigenvalue weighted by atomic mass is 16.4. The van der Waals surface area contributed by atoms with Gasteiger partial charge in [0.2, 0.25) is 0 Å². The molecule has 6 N–H and O–H groups in total. The molecule has 1 aliphatic rings. The first-order valence-corrected chi connectivity index (χ1v) is 9.13. The molecule has 2 heterocycles. The van der Waals surface area contributed by atoms with Gasteiger partial charge in [0.05, 0.1) is 12.1 Å². The fourth-order valence-electron chi connectivity index (χ4n) is 3.11. The number of aromatic nitrogens is 1. The van der Waals surface area contributed by atoms with Gasteiger partial charge < -0.3 is 10.4 Å². The molecule has 0 aliphatic carbocycles. The molecule has 1 aromatic heterocycles. The number of benzene rings is 2. The highest BCUT2D eigenvalue weighted by Gasteiger charge is 2.28. The fourth-order valence-corrected chi connectivity index (χ4v) is 3.11. The minimum Gasteiger partial charge on any atom is -0.477 e. The lowest BCUT2D eigenvalue weighted by Gasteiger charge is -2.15. The lowest BCUT2D eigenvalue weighted by atomic mass is 10.1. The van der Waals surface area contributed by atoms with Gasteiger partial charge in [-0.25, -0.2) is 9.59 Å². The number of amidine groups is 1. The number of carboxylic acids is 1. The lowest BCUT2D eigenvalue weighted by Crippen LogP contribution is -2.46. The van der Waals surface area contributed by atoms with Gasteiger partial charge in [0.25, 0.3) is 11.7 Å². The van der Waals surface area contributed by atoms with Gasteiger partial charge in [0.15, 0.2) is 5.71 Å². The second kappa shape index (κ2) is 7.67. The van der Waals surface area contributed by atoms with Crippen molar-refractivity contribution in [1.82, 2.24) is 4.98 Å². The molecule has 0 spiro atoms. The zero-order chi connectivity index (χ0) is 22.1. The molecule has 154 valence electrons. The number of rotatable bonds is 5. The van der Waals surface area contributed by atoms with E-state index in [0.29, 0.717) is 16.9 Å². The van der Waals surface area contributed by atoms with Gasteiger partial charge in [-0.15, -0.1) is 0 Å². The van der Waals surface area contributed by atoms with Gasteiger partial charge in [-0.2, -0.15) is 4.99 Å². The van der Waals surface area contributed by atoms with E-state index >= 15 is 0 Å². The van der Waals surface area contributed by atoms with Gasteiger partial charge in [-0.1, -0.05) is 6.07 Å². The summed E-state index contributed by atoms with van der Waals surface area (Å²) in [7, 11) is 0. The summed E-state index contributed by atoms with van der Waals surface area (Å²) >= 11 is 0. The summed E-state index contributed by atoms with van der Waals surface area (Å²) in [5, 5.41) is 18.9. The number of nitrogens with two attached hydrogens (primary N) is 2. The molecular weight excluding hydrogens is 400 g/mol. The second-order valence-corrected chi connectivity index (χ2v) is 6.82. The molecule has 10 nitrogen and oxygen atoms in total. The molecule has 31 heavy (non-hydrogen) atoms. The number of hydrogen-bond donors (Lipinski definition) is 4. The Hall–Kier alpha value is -4.60. The molecule has 3 aromatic rings. The predicted octanol–water partition coefficient (Wildman–Crippen LogP) is 0.417. The van der Waals surface area contributed by atoms with Gasteiger partial charge in [0, 0.05) is 23.0 Å². The van der Waals surface area contributed by atoms with Crippen molar-refractivity contribution in [2.45, 2.75) is 0 Å². The molecule has 2 aromatic carbocycles. The molecule has 10 heteroatoms. The average molecular weight is 417 g/mol. The molecule has 0 bridgehead atoms. The first kappa shape index (κ1) is 19.7. The van der Waals surface area contributed by atoms with Crippen LogP contribution in [0.2, 0.25) is 0 Å². The molecule has 3 amide bonds. The minimum atomic E-state index is -1.23. The number of carbonyl (C=O) groups excluding carboxylic acids is 2. The Morgan fingerprint density at radius 1 is 1.10 bits per heavy atom. The molecule has 0 radical (unpaired) electrons. The van der Waals surface area contributed by atoms with Crippen LogP contribution in [0.4, 0.5) is 16.2 Å². The molecule has 1 aliphatic heterocycles. The van der Waals surface area contributed by atoms with E-state index < -0.39 is 17.9 Å². The van der Waals surface area contributed by atoms with E-state index in [-0.39, 0.29) is 23.8 Å². The van der Waals surface area contributed by atoms with Crippen molar-refractivity contribution in [3.8, 4) is 0 Å². The molecule has 0 unspecified atom stereocenters. The Balaban J connectivity index is 1.47. The highest BCUT2D eigenvalue weighted by Crippen LogP contribution is 2.22. The van der Waals surface area contributed by atoms with Gasteiger partial charge >= 0.3 is 12.0 Å². The zero-order valence-corrected chi connectivity index (χ0v) is 16.1. The van der Waals surface area contributed by atoms with E-state index in [4.69, 9.17) is 16.2 Å². The SMILES string of the molecule is NC(=[NH2+])c1ccc2cc(C(=O)Nc3ccc(N4CC(C(=O)O)=NC4=O)cc3)ncc2c1. The second-order valence-electron chi connectivity index (χ2n) is 6.82. The predicted molar refractivity (Wildman–Crippen MR) is 114 cm³/mol. The topological polar surface area (TPSA) is 164 Å². The summed E-state index contributed by atoms with van der Waals surface area (Å²) < 4.78 is 0. The van der Waals surface area contributed by atoms with E-state index in [1.807, 2.05) is 0 Å². The fraction of sp³-hybridized carbons (Fsp3) is 0.0476. The minimum absolute atomic E-state index is 0.115. The number of hydrogen-bond acceptors (Lipinski definition) is 4. The van der Waals surface area contributed by atoms with Crippen molar-refractivity contribution in [1.29, 1.82) is 0 Å². The number of pyridine rings is 1. The standard InChI is InChI=1S/C21H16N6O4/c22-18(23)12-2-1-11-8-16(24-9-13(11)7-12)19(28)25-14-3-5-15(6-4-14)27-10-17(20(29)30)26-21(27)31/h1-9H,10H2,(H3,22,23)(H,25,28)(H,29,30)/p+1. The first-order valence-electron chi connectivity index (χ1n) is 9.13. The Kier molecular flexibility index (Phi) is 4.88. The normalized spacial score (nSPS) is 13.2. The number of amides is 3. The number of nitrogens with one attached hydrogen (secondary N) is 1. The number of anilines is 2. The van der Waals surface area contributed by atoms with Gasteiger partial charge in [-0.3, -0.25) is 25.8 Å². The summed E-state index contributed by atoms with van der Waals surface area (Å²) in [4.78, 5) is 44.4. The third-order valence-corrected chi connectivity index (χ3v) is 4.74. The maximum absolute atomic E-state index is 12.6. The van der Waals surface area contributed by atoms with E-state index in [1.54, 1.807) is 54.7 Å². The third-order valence-electron chi connectivity index (χ3n) is 4.74. The first-order chi connectivity index (χ1) is 14.8. The summed E-state index contributed by atoms with van der Waals surface area (Å²) in [5.41, 5.74) is 7.25. The van der Waals surface area contributed by atoms with Crippen LogP contribution in [-0.2, 0) is 4.79 Å². The number of aliphatic imine (C=N–C) groups is 1. The summed E-state index contributed by atoms with van der Waals surface area (Å²) in [6.45, 7) is -0.115. The zero-order valence-electron chi connectivity index (χ0n) is 16.1. The van der Waals surface area contributed by atoms with Crippen LogP contribution in [0, 0.1) is 0 Å². The van der Waals surface area contributed by atoms with E-state index in [0.717, 1.165) is 10.8 Å². The van der Waals surface area contributed by atoms with E-state index in [9.17, 15) is 14.4 Å². The summed E-state index contributed by atoms with van der Waals surface area (Å²) in [5.74, 6) is -1.44. The molecule has 0 atom stereocenters. The Labute approximate surface area is 175 Å². The average Bonchev–Trinajstić information content (AvgIpc) is 3.15. The van der Waals surface area contributed by atoms with Crippen LogP contribution in [0.5, 0.6) is 0 Å². The van der Waals surface area contributed by atoms with Gasteiger partial charge in [0.1, 0.15) is 5.69 Å². The smallest absolute Gasteiger partial charge is 0.352 e. The molecule has 0 saturated carbocycles. The molecule has 0 saturated heterocycles. The van der Waals surface area contributed by atoms with Crippen molar-refractivity contribution in [3.63, 3.8) is 0 Å². The lowest BCUT2D eigenvalue weighted by molar-refractivity contribution is -0.129. The molecule has 0 fully saturated rings. The van der Waals surface area contributed by atoms with E-state index in [2.05, 4.69) is 15.3 Å². The van der Waals surface area contributed by atoms with Crippen LogP contribution < -0.4 is 21.4 Å². The van der Waals surface area contributed by atoms with E-state index in [1.165, 1.54) is 4.90 Å².